The summed E-state index contributed by atoms with van der Waals surface area (Å²) in [7, 11) is -0.479. The van der Waals surface area contributed by atoms with E-state index in [0.29, 0.717) is 24.0 Å². The van der Waals surface area contributed by atoms with E-state index in [1.54, 1.807) is 18.2 Å². The quantitative estimate of drug-likeness (QED) is 0.387. The monoisotopic (exact) mass is 486 g/mol. The molecule has 0 spiro atoms. The molecule has 0 amide bonds. The van der Waals surface area contributed by atoms with Crippen molar-refractivity contribution in [1.82, 2.24) is 9.13 Å². The molecule has 180 valence electrons. The van der Waals surface area contributed by atoms with Gasteiger partial charge in [0.15, 0.2) is 0 Å². The molecule has 0 bridgehead atoms. The summed E-state index contributed by atoms with van der Waals surface area (Å²) in [6.07, 6.45) is 1.11. The highest BCUT2D eigenvalue weighted by Crippen LogP contribution is 2.61. The molecule has 33 heavy (non-hydrogen) atoms. The van der Waals surface area contributed by atoms with E-state index in [4.69, 9.17) is 23.3 Å². The van der Waals surface area contributed by atoms with Crippen LogP contribution in [-0.2, 0) is 34.4 Å². The van der Waals surface area contributed by atoms with Gasteiger partial charge in [-0.05, 0) is 18.9 Å². The maximum atomic E-state index is 14.2. The molecule has 1 unspecified atom stereocenters. The van der Waals surface area contributed by atoms with Gasteiger partial charge in [-0.25, -0.2) is 9.36 Å². The standard InChI is InChI=1S/C20H24FN2O9P/c1-28-15-8-5-4-7-13(15)19(33(27,29-2)30-3)32-17(24)12-23-18(25)14(21)11-22(20(23)26)16-9-6-10-31-16/h4-5,7-8,11,16,19H,6,9-10,12H2,1-3H3/t16-,19?/m1/s1. The molecule has 2 aromatic rings. The Morgan fingerprint density at radius 1 is 1.24 bits per heavy atom. The summed E-state index contributed by atoms with van der Waals surface area (Å²) >= 11 is 0. The van der Waals surface area contributed by atoms with Crippen molar-refractivity contribution in [1.29, 1.82) is 0 Å². The van der Waals surface area contributed by atoms with Gasteiger partial charge in [-0.1, -0.05) is 18.2 Å². The predicted molar refractivity (Wildman–Crippen MR) is 113 cm³/mol. The first-order chi connectivity index (χ1) is 15.8. The van der Waals surface area contributed by atoms with Crippen molar-refractivity contribution in [2.45, 2.75) is 31.5 Å². The second-order valence-corrected chi connectivity index (χ2v) is 9.29. The topological polar surface area (TPSA) is 124 Å². The normalized spacial score (nSPS) is 17.0. The molecule has 11 nitrogen and oxygen atoms in total. The third-order valence-corrected chi connectivity index (χ3v) is 7.08. The number of carbonyl (C=O) groups excluding carboxylic acids is 1. The molecule has 1 aliphatic rings. The van der Waals surface area contributed by atoms with Crippen LogP contribution in [0.4, 0.5) is 4.39 Å². The molecule has 2 heterocycles. The predicted octanol–water partition coefficient (Wildman–Crippen LogP) is 2.19. The van der Waals surface area contributed by atoms with Crippen molar-refractivity contribution < 1.29 is 37.0 Å². The lowest BCUT2D eigenvalue weighted by atomic mass is 10.2. The zero-order chi connectivity index (χ0) is 24.2. The van der Waals surface area contributed by atoms with Gasteiger partial charge in [-0.3, -0.25) is 18.7 Å². The van der Waals surface area contributed by atoms with Crippen molar-refractivity contribution >= 4 is 13.6 Å². The van der Waals surface area contributed by atoms with Crippen molar-refractivity contribution in [3.05, 3.63) is 62.7 Å². The molecule has 13 heteroatoms. The molecule has 0 N–H and O–H groups in total. The minimum Gasteiger partial charge on any atom is -0.496 e. The molecule has 0 aliphatic carbocycles. The SMILES string of the molecule is COc1ccccc1C(OC(=O)Cn1c(=O)c(F)cn([C@H]2CCCO2)c1=O)P(=O)(OC)OC. The first-order valence-corrected chi connectivity index (χ1v) is 11.5. The number of halogens is 1. The lowest BCUT2D eigenvalue weighted by molar-refractivity contribution is -0.147. The van der Waals surface area contributed by atoms with E-state index in [1.165, 1.54) is 13.2 Å². The van der Waals surface area contributed by atoms with E-state index in [1.807, 2.05) is 0 Å². The van der Waals surface area contributed by atoms with Crippen LogP contribution >= 0.6 is 7.60 Å². The molecular formula is C20H24FN2O9P. The lowest BCUT2D eigenvalue weighted by Gasteiger charge is -2.25. The van der Waals surface area contributed by atoms with E-state index in [-0.39, 0.29) is 11.3 Å². The molecule has 0 saturated carbocycles. The smallest absolute Gasteiger partial charge is 0.375 e. The van der Waals surface area contributed by atoms with Gasteiger partial charge in [-0.2, -0.15) is 4.39 Å². The maximum Gasteiger partial charge on any atom is 0.375 e. The van der Waals surface area contributed by atoms with Gasteiger partial charge >= 0.3 is 19.3 Å². The Bertz CT molecular complexity index is 1160. The van der Waals surface area contributed by atoms with Gasteiger partial charge in [0.25, 0.3) is 5.56 Å². The number of benzene rings is 1. The molecule has 1 aromatic heterocycles. The number of carbonyl (C=O) groups is 1. The van der Waals surface area contributed by atoms with Crippen LogP contribution in [-0.4, -0.2) is 43.0 Å². The highest BCUT2D eigenvalue weighted by atomic mass is 31.2. The molecule has 1 saturated heterocycles. The molecular weight excluding hydrogens is 462 g/mol. The Balaban J connectivity index is 1.97. The minimum absolute atomic E-state index is 0.170. The summed E-state index contributed by atoms with van der Waals surface area (Å²) in [6.45, 7) is -0.564. The summed E-state index contributed by atoms with van der Waals surface area (Å²) in [5, 5.41) is 0. The van der Waals surface area contributed by atoms with E-state index in [0.717, 1.165) is 25.0 Å². The van der Waals surface area contributed by atoms with E-state index >= 15 is 0 Å². The second-order valence-electron chi connectivity index (χ2n) is 7.02. The highest BCUT2D eigenvalue weighted by Gasteiger charge is 2.41. The van der Waals surface area contributed by atoms with Crippen LogP contribution in [0.3, 0.4) is 0 Å². The minimum atomic E-state index is -4.06. The van der Waals surface area contributed by atoms with Crippen LogP contribution in [0.15, 0.2) is 40.1 Å². The highest BCUT2D eigenvalue weighted by molar-refractivity contribution is 7.54. The van der Waals surface area contributed by atoms with E-state index < -0.39 is 49.2 Å². The van der Waals surface area contributed by atoms with Gasteiger partial charge in [0, 0.05) is 26.4 Å². The molecule has 3 rings (SSSR count). The van der Waals surface area contributed by atoms with E-state index in [9.17, 15) is 23.3 Å². The van der Waals surface area contributed by atoms with Crippen LogP contribution in [0.25, 0.3) is 0 Å². The van der Waals surface area contributed by atoms with Crippen LogP contribution in [0.5, 0.6) is 5.75 Å². The summed E-state index contributed by atoms with van der Waals surface area (Å²) in [4.78, 5) is 37.8. The van der Waals surface area contributed by atoms with Gasteiger partial charge < -0.3 is 23.3 Å². The zero-order valence-electron chi connectivity index (χ0n) is 18.3. The van der Waals surface area contributed by atoms with Gasteiger partial charge in [0.05, 0.1) is 13.3 Å². The zero-order valence-corrected chi connectivity index (χ0v) is 19.2. The van der Waals surface area contributed by atoms with Crippen LogP contribution in [0.2, 0.25) is 0 Å². The molecule has 1 aliphatic heterocycles. The number of hydrogen-bond donors (Lipinski definition) is 0. The van der Waals surface area contributed by atoms with Crippen molar-refractivity contribution in [2.75, 3.05) is 27.9 Å². The Kier molecular flexibility index (Phi) is 7.85. The number of hydrogen-bond acceptors (Lipinski definition) is 9. The molecule has 0 radical (unpaired) electrons. The van der Waals surface area contributed by atoms with Crippen molar-refractivity contribution in [3.63, 3.8) is 0 Å². The average molecular weight is 486 g/mol. The lowest BCUT2D eigenvalue weighted by Crippen LogP contribution is -2.44. The summed E-state index contributed by atoms with van der Waals surface area (Å²) in [5.41, 5.74) is -2.08. The third-order valence-electron chi connectivity index (χ3n) is 5.10. The number of nitrogens with zero attached hydrogens (tertiary/aromatic N) is 2. The second kappa shape index (κ2) is 10.4. The fourth-order valence-electron chi connectivity index (χ4n) is 3.44. The summed E-state index contributed by atoms with van der Waals surface area (Å²) in [5.74, 6) is -3.74. The van der Waals surface area contributed by atoms with Crippen molar-refractivity contribution in [2.24, 2.45) is 0 Å². The number of aromatic nitrogens is 2. The maximum absolute atomic E-state index is 14.2. The molecule has 1 fully saturated rings. The largest absolute Gasteiger partial charge is 0.496 e. The van der Waals surface area contributed by atoms with Gasteiger partial charge in [0.2, 0.25) is 11.7 Å². The molecule has 1 aromatic carbocycles. The van der Waals surface area contributed by atoms with Gasteiger partial charge in [0.1, 0.15) is 18.5 Å². The third kappa shape index (κ3) is 5.09. The number of ether oxygens (including phenoxy) is 3. The number of para-hydroxylation sites is 1. The summed E-state index contributed by atoms with van der Waals surface area (Å²) < 4.78 is 54.7. The fourth-order valence-corrected chi connectivity index (χ4v) is 4.77. The fraction of sp³-hybridized carbons (Fsp3) is 0.450. The first-order valence-electron chi connectivity index (χ1n) is 9.92. The van der Waals surface area contributed by atoms with Crippen LogP contribution in [0, 0.1) is 5.82 Å². The Hall–Kier alpha value is -2.79. The van der Waals surface area contributed by atoms with Crippen molar-refractivity contribution in [3.8, 4) is 5.75 Å². The number of rotatable bonds is 9. The number of methoxy groups -OCH3 is 1. The summed E-state index contributed by atoms with van der Waals surface area (Å²) in [6, 6.07) is 6.26. The Labute approximate surface area is 188 Å². The first kappa shape index (κ1) is 24.8. The van der Waals surface area contributed by atoms with E-state index in [2.05, 4.69) is 0 Å². The number of esters is 1. The van der Waals surface area contributed by atoms with Crippen LogP contribution < -0.4 is 16.0 Å². The molecule has 2 atom stereocenters. The Morgan fingerprint density at radius 3 is 2.55 bits per heavy atom. The average Bonchev–Trinajstić information content (AvgIpc) is 3.36. The van der Waals surface area contributed by atoms with Crippen LogP contribution in [0.1, 0.15) is 30.5 Å². The Morgan fingerprint density at radius 2 is 1.94 bits per heavy atom. The van der Waals surface area contributed by atoms with Gasteiger partial charge in [-0.15, -0.1) is 0 Å².